The van der Waals surface area contributed by atoms with E-state index in [0.717, 1.165) is 18.8 Å². The number of imidazole rings is 1. The zero-order valence-corrected chi connectivity index (χ0v) is 7.60. The molecule has 0 aromatic carbocycles. The summed E-state index contributed by atoms with van der Waals surface area (Å²) in [5.41, 5.74) is 4.97. The Kier molecular flexibility index (Phi) is 3.25. The maximum Gasteiger partial charge on any atom is 0.241 e. The van der Waals surface area contributed by atoms with E-state index in [2.05, 4.69) is 11.9 Å². The molecule has 2 N–H and O–H groups in total. The summed E-state index contributed by atoms with van der Waals surface area (Å²) in [4.78, 5) is 14.5. The van der Waals surface area contributed by atoms with Gasteiger partial charge in [-0.1, -0.05) is 6.92 Å². The molecule has 1 aromatic rings. The lowest BCUT2D eigenvalue weighted by atomic mass is 10.4. The topological polar surface area (TPSA) is 60.9 Å². The Morgan fingerprint density at radius 3 is 3.15 bits per heavy atom. The van der Waals surface area contributed by atoms with E-state index < -0.39 is 5.91 Å². The van der Waals surface area contributed by atoms with Crippen molar-refractivity contribution in [2.75, 3.05) is 0 Å². The smallest absolute Gasteiger partial charge is 0.241 e. The van der Waals surface area contributed by atoms with Crippen LogP contribution in [0.3, 0.4) is 0 Å². The van der Waals surface area contributed by atoms with Crippen LogP contribution in [-0.2, 0) is 11.3 Å². The molecule has 0 bridgehead atoms. The second kappa shape index (κ2) is 4.45. The van der Waals surface area contributed by atoms with Gasteiger partial charge < -0.3 is 10.3 Å². The van der Waals surface area contributed by atoms with E-state index in [0.29, 0.717) is 0 Å². The summed E-state index contributed by atoms with van der Waals surface area (Å²) >= 11 is 0. The molecule has 0 atom stereocenters. The molecule has 13 heavy (non-hydrogen) atoms. The lowest BCUT2D eigenvalue weighted by Crippen LogP contribution is -2.06. The maximum absolute atomic E-state index is 10.5. The Morgan fingerprint density at radius 2 is 2.54 bits per heavy atom. The van der Waals surface area contributed by atoms with E-state index in [1.165, 1.54) is 6.08 Å². The minimum atomic E-state index is -0.453. The van der Waals surface area contributed by atoms with Crippen molar-refractivity contribution in [3.05, 3.63) is 24.3 Å². The van der Waals surface area contributed by atoms with Crippen molar-refractivity contribution in [1.29, 1.82) is 0 Å². The lowest BCUT2D eigenvalue weighted by Gasteiger charge is -2.00. The van der Waals surface area contributed by atoms with Crippen molar-refractivity contribution in [3.63, 3.8) is 0 Å². The van der Waals surface area contributed by atoms with Gasteiger partial charge in [0, 0.05) is 25.0 Å². The Morgan fingerprint density at radius 1 is 1.77 bits per heavy atom. The third-order valence-electron chi connectivity index (χ3n) is 1.61. The normalized spacial score (nSPS) is 10.8. The van der Waals surface area contributed by atoms with Crippen LogP contribution in [0.4, 0.5) is 0 Å². The Labute approximate surface area is 77.1 Å². The monoisotopic (exact) mass is 179 g/mol. The van der Waals surface area contributed by atoms with Gasteiger partial charge in [0.2, 0.25) is 5.91 Å². The summed E-state index contributed by atoms with van der Waals surface area (Å²) in [5, 5.41) is 0. The van der Waals surface area contributed by atoms with Crippen LogP contribution in [0.25, 0.3) is 6.08 Å². The van der Waals surface area contributed by atoms with Crippen LogP contribution in [-0.4, -0.2) is 15.5 Å². The Hall–Kier alpha value is -1.58. The second-order valence-electron chi connectivity index (χ2n) is 2.71. The van der Waals surface area contributed by atoms with Crippen molar-refractivity contribution in [2.24, 2.45) is 5.73 Å². The molecule has 0 aliphatic carbocycles. The zero-order valence-electron chi connectivity index (χ0n) is 7.60. The molecule has 1 amide bonds. The van der Waals surface area contributed by atoms with E-state index in [-0.39, 0.29) is 0 Å². The van der Waals surface area contributed by atoms with Crippen molar-refractivity contribution < 1.29 is 4.79 Å². The summed E-state index contributed by atoms with van der Waals surface area (Å²) in [7, 11) is 0. The first-order valence-electron chi connectivity index (χ1n) is 4.22. The molecule has 4 nitrogen and oxygen atoms in total. The highest BCUT2D eigenvalue weighted by Crippen LogP contribution is 2.01. The van der Waals surface area contributed by atoms with Gasteiger partial charge in [-0.3, -0.25) is 4.79 Å². The summed E-state index contributed by atoms with van der Waals surface area (Å²) < 4.78 is 1.97. The Balaban J connectivity index is 2.75. The van der Waals surface area contributed by atoms with Crippen molar-refractivity contribution in [2.45, 2.75) is 19.9 Å². The number of carbonyl (C=O) groups excluding carboxylic acids is 1. The van der Waals surface area contributed by atoms with Gasteiger partial charge in [0.15, 0.2) is 0 Å². The number of rotatable bonds is 4. The largest absolute Gasteiger partial charge is 0.366 e. The number of hydrogen-bond acceptors (Lipinski definition) is 2. The van der Waals surface area contributed by atoms with E-state index in [1.54, 1.807) is 12.3 Å². The standard InChI is InChI=1S/C9H13N3O/c1-2-6-12-7-5-11-9(12)4-3-8(10)13/h3-5,7H,2,6H2,1H3,(H2,10,13). The molecule has 0 aliphatic rings. The molecule has 0 radical (unpaired) electrons. The first-order chi connectivity index (χ1) is 6.24. The van der Waals surface area contributed by atoms with Gasteiger partial charge in [-0.25, -0.2) is 4.98 Å². The molecule has 1 rings (SSSR count). The molecule has 1 aromatic heterocycles. The van der Waals surface area contributed by atoms with E-state index in [1.807, 2.05) is 10.8 Å². The number of amides is 1. The fourth-order valence-electron chi connectivity index (χ4n) is 1.07. The molecule has 1 heterocycles. The molecule has 0 aliphatic heterocycles. The third-order valence-corrected chi connectivity index (χ3v) is 1.61. The number of hydrogen-bond donors (Lipinski definition) is 1. The third kappa shape index (κ3) is 2.74. The highest BCUT2D eigenvalue weighted by Gasteiger charge is 1.96. The zero-order chi connectivity index (χ0) is 9.68. The summed E-state index contributed by atoms with van der Waals surface area (Å²) in [6.07, 6.45) is 7.56. The summed E-state index contributed by atoms with van der Waals surface area (Å²) in [6.45, 7) is 2.99. The van der Waals surface area contributed by atoms with Gasteiger partial charge in [-0.15, -0.1) is 0 Å². The number of aromatic nitrogens is 2. The van der Waals surface area contributed by atoms with Crippen molar-refractivity contribution >= 4 is 12.0 Å². The predicted octanol–water partition coefficient (Wildman–Crippen LogP) is 0.792. The first-order valence-corrected chi connectivity index (χ1v) is 4.22. The van der Waals surface area contributed by atoms with Crippen LogP contribution in [0.5, 0.6) is 0 Å². The average Bonchev–Trinajstić information content (AvgIpc) is 2.49. The number of primary amides is 1. The molecule has 0 saturated carbocycles. The molecule has 70 valence electrons. The van der Waals surface area contributed by atoms with Gasteiger partial charge in [0.05, 0.1) is 0 Å². The highest BCUT2D eigenvalue weighted by molar-refractivity contribution is 5.89. The van der Waals surface area contributed by atoms with Crippen molar-refractivity contribution in [3.8, 4) is 0 Å². The van der Waals surface area contributed by atoms with Crippen LogP contribution in [0.2, 0.25) is 0 Å². The predicted molar refractivity (Wildman–Crippen MR) is 50.7 cm³/mol. The van der Waals surface area contributed by atoms with E-state index in [4.69, 9.17) is 5.73 Å². The van der Waals surface area contributed by atoms with Crippen LogP contribution in [0.15, 0.2) is 18.5 Å². The van der Waals surface area contributed by atoms with Crippen LogP contribution in [0, 0.1) is 0 Å². The van der Waals surface area contributed by atoms with Crippen molar-refractivity contribution in [1.82, 2.24) is 9.55 Å². The summed E-state index contributed by atoms with van der Waals surface area (Å²) in [5.74, 6) is 0.312. The SMILES string of the molecule is CCCn1ccnc1C=CC(N)=O. The maximum atomic E-state index is 10.5. The highest BCUT2D eigenvalue weighted by atomic mass is 16.1. The van der Waals surface area contributed by atoms with Crippen LogP contribution < -0.4 is 5.73 Å². The minimum Gasteiger partial charge on any atom is -0.366 e. The van der Waals surface area contributed by atoms with Gasteiger partial charge >= 0.3 is 0 Å². The van der Waals surface area contributed by atoms with E-state index in [9.17, 15) is 4.79 Å². The Bertz CT molecular complexity index is 314. The van der Waals surface area contributed by atoms with Gasteiger partial charge in [-0.2, -0.15) is 0 Å². The summed E-state index contributed by atoms with van der Waals surface area (Å²) in [6, 6.07) is 0. The van der Waals surface area contributed by atoms with Crippen LogP contribution in [0.1, 0.15) is 19.2 Å². The van der Waals surface area contributed by atoms with Gasteiger partial charge in [0.1, 0.15) is 5.82 Å². The second-order valence-corrected chi connectivity index (χ2v) is 2.71. The fraction of sp³-hybridized carbons (Fsp3) is 0.333. The molecule has 0 unspecified atom stereocenters. The number of aryl methyl sites for hydroxylation is 1. The number of nitrogens with two attached hydrogens (primary N) is 1. The quantitative estimate of drug-likeness (QED) is 0.695. The van der Waals surface area contributed by atoms with E-state index >= 15 is 0 Å². The average molecular weight is 179 g/mol. The molecule has 0 spiro atoms. The molecule has 4 heteroatoms. The number of carbonyl (C=O) groups is 1. The fourth-order valence-corrected chi connectivity index (χ4v) is 1.07. The van der Waals surface area contributed by atoms with Crippen LogP contribution >= 0.6 is 0 Å². The molecule has 0 saturated heterocycles. The van der Waals surface area contributed by atoms with Gasteiger partial charge in [-0.05, 0) is 12.5 Å². The lowest BCUT2D eigenvalue weighted by molar-refractivity contribution is -0.113. The number of nitrogens with zero attached hydrogens (tertiary/aromatic N) is 2. The first kappa shape index (κ1) is 9.51. The molecule has 0 fully saturated rings. The minimum absolute atomic E-state index is 0.453. The molecular formula is C9H13N3O. The van der Waals surface area contributed by atoms with Gasteiger partial charge in [0.25, 0.3) is 0 Å². The molecular weight excluding hydrogens is 166 g/mol.